The standard InChI is InChI=1S/C27H36N4O4/c1-5-19(3)28-26(33)24(30-25(32)21-7-6-8-23(17-21)35-4)20-13-15-31(16-14-20)27(34)29-22-11-9-18(2)10-12-22/h6-12,17,19-20,24H,5,13-16H2,1-4H3,(H,28,33)(H,29,34)(H,30,32)/t19-,24-/m1/s1. The molecule has 0 saturated carbocycles. The van der Waals surface area contributed by atoms with Crippen LogP contribution in [0, 0.1) is 12.8 Å². The number of benzene rings is 2. The van der Waals surface area contributed by atoms with Crippen LogP contribution in [-0.4, -0.2) is 55.0 Å². The van der Waals surface area contributed by atoms with Gasteiger partial charge in [-0.1, -0.05) is 30.7 Å². The van der Waals surface area contributed by atoms with Crippen molar-refractivity contribution >= 4 is 23.5 Å². The van der Waals surface area contributed by atoms with Gasteiger partial charge in [0.05, 0.1) is 7.11 Å². The summed E-state index contributed by atoms with van der Waals surface area (Å²) in [5.41, 5.74) is 2.31. The Balaban J connectivity index is 1.66. The van der Waals surface area contributed by atoms with Crippen molar-refractivity contribution in [1.29, 1.82) is 0 Å². The van der Waals surface area contributed by atoms with Gasteiger partial charge in [-0.3, -0.25) is 9.59 Å². The lowest BCUT2D eigenvalue weighted by Gasteiger charge is -2.36. The van der Waals surface area contributed by atoms with Crippen LogP contribution in [0.4, 0.5) is 10.5 Å². The van der Waals surface area contributed by atoms with Crippen LogP contribution in [0.1, 0.15) is 49.0 Å². The van der Waals surface area contributed by atoms with Gasteiger partial charge in [0.15, 0.2) is 0 Å². The number of hydrogen-bond acceptors (Lipinski definition) is 4. The highest BCUT2D eigenvalue weighted by Gasteiger charge is 2.34. The highest BCUT2D eigenvalue weighted by molar-refractivity contribution is 5.98. The van der Waals surface area contributed by atoms with E-state index in [1.165, 1.54) is 0 Å². The summed E-state index contributed by atoms with van der Waals surface area (Å²) in [6.45, 7) is 6.95. The molecule has 35 heavy (non-hydrogen) atoms. The van der Waals surface area contributed by atoms with Crippen LogP contribution in [0.3, 0.4) is 0 Å². The molecule has 0 unspecified atom stereocenters. The molecule has 2 atom stereocenters. The topological polar surface area (TPSA) is 99.8 Å². The Morgan fingerprint density at radius 2 is 1.74 bits per heavy atom. The predicted molar refractivity (Wildman–Crippen MR) is 137 cm³/mol. The van der Waals surface area contributed by atoms with E-state index in [0.717, 1.165) is 17.7 Å². The number of aryl methyl sites for hydroxylation is 1. The van der Waals surface area contributed by atoms with Crippen molar-refractivity contribution in [3.05, 3.63) is 59.7 Å². The number of likely N-dealkylation sites (tertiary alicyclic amines) is 1. The van der Waals surface area contributed by atoms with Crippen LogP contribution in [0.5, 0.6) is 5.75 Å². The quantitative estimate of drug-likeness (QED) is 0.532. The van der Waals surface area contributed by atoms with E-state index in [-0.39, 0.29) is 29.8 Å². The number of ether oxygens (including phenoxy) is 1. The van der Waals surface area contributed by atoms with E-state index in [9.17, 15) is 14.4 Å². The summed E-state index contributed by atoms with van der Waals surface area (Å²) in [5.74, 6) is -0.0332. The number of carbonyl (C=O) groups is 3. The summed E-state index contributed by atoms with van der Waals surface area (Å²) >= 11 is 0. The van der Waals surface area contributed by atoms with Crippen LogP contribution < -0.4 is 20.7 Å². The lowest BCUT2D eigenvalue weighted by molar-refractivity contribution is -0.125. The maximum Gasteiger partial charge on any atom is 0.321 e. The molecule has 1 aliphatic heterocycles. The molecule has 0 aromatic heterocycles. The summed E-state index contributed by atoms with van der Waals surface area (Å²) in [5, 5.41) is 8.88. The van der Waals surface area contributed by atoms with E-state index in [0.29, 0.717) is 37.2 Å². The third-order valence-electron chi connectivity index (χ3n) is 6.50. The highest BCUT2D eigenvalue weighted by atomic mass is 16.5. The van der Waals surface area contributed by atoms with Gasteiger partial charge in [-0.25, -0.2) is 4.79 Å². The molecule has 8 nitrogen and oxygen atoms in total. The molecule has 188 valence electrons. The van der Waals surface area contributed by atoms with Gasteiger partial charge in [0.2, 0.25) is 5.91 Å². The normalized spacial score (nSPS) is 15.6. The Morgan fingerprint density at radius 3 is 2.37 bits per heavy atom. The van der Waals surface area contributed by atoms with Gasteiger partial charge in [0.25, 0.3) is 5.91 Å². The van der Waals surface area contributed by atoms with Gasteiger partial charge in [0.1, 0.15) is 11.8 Å². The first kappa shape index (κ1) is 26.1. The Morgan fingerprint density at radius 1 is 1.06 bits per heavy atom. The number of nitrogens with zero attached hydrogens (tertiary/aromatic N) is 1. The summed E-state index contributed by atoms with van der Waals surface area (Å²) in [6.07, 6.45) is 2.01. The summed E-state index contributed by atoms with van der Waals surface area (Å²) < 4.78 is 5.22. The van der Waals surface area contributed by atoms with Gasteiger partial charge in [-0.2, -0.15) is 0 Å². The Bertz CT molecular complexity index is 1020. The van der Waals surface area contributed by atoms with Crippen LogP contribution in [0.15, 0.2) is 48.5 Å². The zero-order chi connectivity index (χ0) is 25.4. The van der Waals surface area contributed by atoms with Crippen LogP contribution in [0.2, 0.25) is 0 Å². The lowest BCUT2D eigenvalue weighted by Crippen LogP contribution is -2.55. The molecule has 4 amide bonds. The number of anilines is 1. The van der Waals surface area contributed by atoms with Crippen molar-refractivity contribution in [3.8, 4) is 5.75 Å². The van der Waals surface area contributed by atoms with E-state index in [1.54, 1.807) is 36.3 Å². The van der Waals surface area contributed by atoms with Crippen molar-refractivity contribution in [2.24, 2.45) is 5.92 Å². The third kappa shape index (κ3) is 7.21. The number of amides is 4. The largest absolute Gasteiger partial charge is 0.497 e. The molecule has 0 spiro atoms. The second kappa shape index (κ2) is 12.2. The maximum absolute atomic E-state index is 13.1. The number of nitrogens with one attached hydrogen (secondary N) is 3. The van der Waals surface area contributed by atoms with E-state index < -0.39 is 6.04 Å². The molecule has 1 saturated heterocycles. The third-order valence-corrected chi connectivity index (χ3v) is 6.50. The first-order valence-corrected chi connectivity index (χ1v) is 12.2. The van der Waals surface area contributed by atoms with Crippen LogP contribution >= 0.6 is 0 Å². The van der Waals surface area contributed by atoms with Gasteiger partial charge in [0, 0.05) is 30.4 Å². The van der Waals surface area contributed by atoms with E-state index in [2.05, 4.69) is 16.0 Å². The molecule has 2 aromatic rings. The average Bonchev–Trinajstić information content (AvgIpc) is 2.88. The monoisotopic (exact) mass is 480 g/mol. The fourth-order valence-corrected chi connectivity index (χ4v) is 4.10. The summed E-state index contributed by atoms with van der Waals surface area (Å²) in [7, 11) is 1.54. The van der Waals surface area contributed by atoms with Crippen molar-refractivity contribution in [3.63, 3.8) is 0 Å². The minimum Gasteiger partial charge on any atom is -0.497 e. The first-order chi connectivity index (χ1) is 16.8. The average molecular weight is 481 g/mol. The van der Waals surface area contributed by atoms with Crippen molar-refractivity contribution in [2.45, 2.75) is 52.1 Å². The number of carbonyl (C=O) groups excluding carboxylic acids is 3. The number of urea groups is 1. The fourth-order valence-electron chi connectivity index (χ4n) is 4.10. The zero-order valence-electron chi connectivity index (χ0n) is 21.0. The molecule has 8 heteroatoms. The molecule has 2 aromatic carbocycles. The Hall–Kier alpha value is -3.55. The summed E-state index contributed by atoms with van der Waals surface area (Å²) in [6, 6.07) is 13.7. The first-order valence-electron chi connectivity index (χ1n) is 12.2. The summed E-state index contributed by atoms with van der Waals surface area (Å²) in [4.78, 5) is 40.6. The second-order valence-corrected chi connectivity index (χ2v) is 9.12. The van der Waals surface area contributed by atoms with E-state index >= 15 is 0 Å². The van der Waals surface area contributed by atoms with Gasteiger partial charge in [-0.15, -0.1) is 0 Å². The van der Waals surface area contributed by atoms with Gasteiger partial charge in [-0.05, 0) is 69.4 Å². The second-order valence-electron chi connectivity index (χ2n) is 9.12. The van der Waals surface area contributed by atoms with Crippen LogP contribution in [-0.2, 0) is 4.79 Å². The molecule has 1 heterocycles. The molecular formula is C27H36N4O4. The van der Waals surface area contributed by atoms with E-state index in [4.69, 9.17) is 4.74 Å². The number of hydrogen-bond donors (Lipinski definition) is 3. The molecule has 1 aliphatic rings. The lowest BCUT2D eigenvalue weighted by atomic mass is 9.88. The maximum atomic E-state index is 13.1. The molecule has 0 radical (unpaired) electrons. The van der Waals surface area contributed by atoms with Crippen molar-refractivity contribution in [1.82, 2.24) is 15.5 Å². The Kier molecular flexibility index (Phi) is 9.11. The molecule has 0 bridgehead atoms. The Labute approximate surface area is 207 Å². The minimum atomic E-state index is -0.690. The van der Waals surface area contributed by atoms with E-state index in [1.807, 2.05) is 45.0 Å². The minimum absolute atomic E-state index is 0.000836. The number of methoxy groups -OCH3 is 1. The predicted octanol–water partition coefficient (Wildman–Crippen LogP) is 3.96. The van der Waals surface area contributed by atoms with Crippen molar-refractivity contribution in [2.75, 3.05) is 25.5 Å². The molecule has 3 rings (SSSR count). The SMILES string of the molecule is CC[C@@H](C)NC(=O)[C@H](NC(=O)c1cccc(OC)c1)C1CCN(C(=O)Nc2ccc(C)cc2)CC1. The van der Waals surface area contributed by atoms with Gasteiger partial charge >= 0.3 is 6.03 Å². The highest BCUT2D eigenvalue weighted by Crippen LogP contribution is 2.23. The molecular weight excluding hydrogens is 444 g/mol. The van der Waals surface area contributed by atoms with Crippen molar-refractivity contribution < 1.29 is 19.1 Å². The zero-order valence-corrected chi connectivity index (χ0v) is 21.0. The van der Waals surface area contributed by atoms with Gasteiger partial charge < -0.3 is 25.6 Å². The van der Waals surface area contributed by atoms with Crippen LogP contribution in [0.25, 0.3) is 0 Å². The molecule has 1 fully saturated rings. The number of piperidine rings is 1. The smallest absolute Gasteiger partial charge is 0.321 e. The molecule has 0 aliphatic carbocycles. The fraction of sp³-hybridized carbons (Fsp3) is 0.444. The number of rotatable bonds is 8. The molecule has 3 N–H and O–H groups in total.